The Morgan fingerprint density at radius 1 is 1.33 bits per heavy atom. The number of aliphatic carboxylic acids is 1. The van der Waals surface area contributed by atoms with E-state index >= 15 is 0 Å². The predicted molar refractivity (Wildman–Crippen MR) is 76.8 cm³/mol. The van der Waals surface area contributed by atoms with Crippen molar-refractivity contribution in [3.63, 3.8) is 0 Å². The minimum absolute atomic E-state index is 0.0708. The second kappa shape index (κ2) is 6.27. The first-order valence-corrected chi connectivity index (χ1v) is 6.84. The molecule has 0 radical (unpaired) electrons. The van der Waals surface area contributed by atoms with Gasteiger partial charge in [0.2, 0.25) is 0 Å². The van der Waals surface area contributed by atoms with Gasteiger partial charge >= 0.3 is 12.0 Å². The van der Waals surface area contributed by atoms with Gasteiger partial charge in [0.15, 0.2) is 0 Å². The Kier molecular flexibility index (Phi) is 4.43. The molecule has 2 amide bonds. The lowest BCUT2D eigenvalue weighted by Crippen LogP contribution is -2.49. The summed E-state index contributed by atoms with van der Waals surface area (Å²) in [5.41, 5.74) is 0.298. The molecule has 6 heteroatoms. The zero-order valence-electron chi connectivity index (χ0n) is 11.6. The van der Waals surface area contributed by atoms with Crippen LogP contribution in [0.4, 0.5) is 10.5 Å². The maximum atomic E-state index is 12.1. The number of urea groups is 1. The third-order valence-corrected chi connectivity index (χ3v) is 3.68. The van der Waals surface area contributed by atoms with E-state index in [1.54, 1.807) is 24.3 Å². The fourth-order valence-electron chi connectivity index (χ4n) is 2.76. The molecule has 0 saturated heterocycles. The fraction of sp³-hybridized carbons (Fsp3) is 0.400. The van der Waals surface area contributed by atoms with Crippen molar-refractivity contribution in [1.29, 1.82) is 5.26 Å². The van der Waals surface area contributed by atoms with Crippen molar-refractivity contribution < 1.29 is 14.7 Å². The summed E-state index contributed by atoms with van der Waals surface area (Å²) in [5.74, 6) is -0.913. The third kappa shape index (κ3) is 3.96. The first-order valence-electron chi connectivity index (χ1n) is 6.84. The summed E-state index contributed by atoms with van der Waals surface area (Å²) in [6, 6.07) is 8.13. The number of carboxylic acid groups (broad SMARTS) is 1. The Hall–Kier alpha value is -2.55. The molecule has 0 aromatic heterocycles. The number of carbonyl (C=O) groups excluding carboxylic acids is 1. The van der Waals surface area contributed by atoms with E-state index in [-0.39, 0.29) is 6.42 Å². The van der Waals surface area contributed by atoms with Crippen molar-refractivity contribution >= 4 is 17.7 Å². The molecule has 0 atom stereocenters. The van der Waals surface area contributed by atoms with Gasteiger partial charge in [-0.1, -0.05) is 18.9 Å². The summed E-state index contributed by atoms with van der Waals surface area (Å²) >= 11 is 0. The van der Waals surface area contributed by atoms with Crippen LogP contribution in [0.25, 0.3) is 0 Å². The fourth-order valence-corrected chi connectivity index (χ4v) is 2.76. The van der Waals surface area contributed by atoms with E-state index in [4.69, 9.17) is 10.4 Å². The molecule has 1 fully saturated rings. The number of rotatable bonds is 4. The van der Waals surface area contributed by atoms with Crippen LogP contribution in [0.3, 0.4) is 0 Å². The quantitative estimate of drug-likeness (QED) is 0.791. The van der Waals surface area contributed by atoms with E-state index < -0.39 is 17.5 Å². The number of benzene rings is 1. The molecule has 1 aromatic rings. The number of carboxylic acids is 1. The number of hydrogen-bond acceptors (Lipinski definition) is 3. The molecule has 3 N–H and O–H groups in total. The summed E-state index contributed by atoms with van der Waals surface area (Å²) in [7, 11) is 0. The number of carbonyl (C=O) groups is 2. The van der Waals surface area contributed by atoms with Crippen LogP contribution in [0, 0.1) is 11.3 Å². The topological polar surface area (TPSA) is 102 Å². The molecule has 21 heavy (non-hydrogen) atoms. The van der Waals surface area contributed by atoms with Crippen molar-refractivity contribution in [3.8, 4) is 6.07 Å². The Balaban J connectivity index is 2.02. The minimum Gasteiger partial charge on any atom is -0.481 e. The van der Waals surface area contributed by atoms with Crippen LogP contribution in [-0.2, 0) is 4.79 Å². The molecule has 0 heterocycles. The summed E-state index contributed by atoms with van der Waals surface area (Å²) in [4.78, 5) is 23.0. The third-order valence-electron chi connectivity index (χ3n) is 3.68. The van der Waals surface area contributed by atoms with E-state index in [0.717, 1.165) is 12.8 Å². The SMILES string of the molecule is N#Cc1cccc(NC(=O)NC2(CC(=O)O)CCCC2)c1. The summed E-state index contributed by atoms with van der Waals surface area (Å²) in [6.07, 6.45) is 3.10. The van der Waals surface area contributed by atoms with Crippen molar-refractivity contribution in [3.05, 3.63) is 29.8 Å². The highest BCUT2D eigenvalue weighted by Crippen LogP contribution is 2.32. The van der Waals surface area contributed by atoms with Gasteiger partial charge in [-0.25, -0.2) is 4.79 Å². The number of amides is 2. The van der Waals surface area contributed by atoms with E-state index in [9.17, 15) is 9.59 Å². The molecular weight excluding hydrogens is 270 g/mol. The van der Waals surface area contributed by atoms with Gasteiger partial charge in [0, 0.05) is 5.69 Å². The average molecular weight is 287 g/mol. The molecule has 6 nitrogen and oxygen atoms in total. The van der Waals surface area contributed by atoms with Gasteiger partial charge in [-0.15, -0.1) is 0 Å². The number of nitrogens with one attached hydrogen (secondary N) is 2. The standard InChI is InChI=1S/C15H17N3O3/c16-10-11-4-3-5-12(8-11)17-14(21)18-15(9-13(19)20)6-1-2-7-15/h3-5,8H,1-2,6-7,9H2,(H,19,20)(H2,17,18,21). The van der Waals surface area contributed by atoms with Crippen LogP contribution in [0.1, 0.15) is 37.7 Å². The Morgan fingerprint density at radius 2 is 2.05 bits per heavy atom. The van der Waals surface area contributed by atoms with Gasteiger partial charge in [-0.2, -0.15) is 5.26 Å². The summed E-state index contributed by atoms with van der Waals surface area (Å²) in [6.45, 7) is 0. The highest BCUT2D eigenvalue weighted by Gasteiger charge is 2.37. The lowest BCUT2D eigenvalue weighted by atomic mass is 9.93. The van der Waals surface area contributed by atoms with E-state index in [1.165, 1.54) is 0 Å². The van der Waals surface area contributed by atoms with Crippen molar-refractivity contribution in [1.82, 2.24) is 5.32 Å². The minimum atomic E-state index is -0.913. The van der Waals surface area contributed by atoms with Gasteiger partial charge in [-0.3, -0.25) is 4.79 Å². The van der Waals surface area contributed by atoms with Crippen molar-refractivity contribution in [2.24, 2.45) is 0 Å². The molecule has 1 aromatic carbocycles. The predicted octanol–water partition coefficient (Wildman–Crippen LogP) is 2.47. The molecule has 0 unspecified atom stereocenters. The van der Waals surface area contributed by atoms with Crippen LogP contribution in [0.2, 0.25) is 0 Å². The molecule has 1 aliphatic rings. The van der Waals surface area contributed by atoms with Crippen LogP contribution < -0.4 is 10.6 Å². The van der Waals surface area contributed by atoms with E-state index in [2.05, 4.69) is 10.6 Å². The van der Waals surface area contributed by atoms with Gasteiger partial charge < -0.3 is 15.7 Å². The maximum absolute atomic E-state index is 12.1. The van der Waals surface area contributed by atoms with Crippen LogP contribution in [0.15, 0.2) is 24.3 Å². The Morgan fingerprint density at radius 3 is 2.67 bits per heavy atom. The summed E-state index contributed by atoms with van der Waals surface area (Å²) < 4.78 is 0. The highest BCUT2D eigenvalue weighted by atomic mass is 16.4. The first kappa shape index (κ1) is 14.9. The molecule has 1 aliphatic carbocycles. The lowest BCUT2D eigenvalue weighted by molar-refractivity contribution is -0.138. The molecular formula is C15H17N3O3. The van der Waals surface area contributed by atoms with E-state index in [0.29, 0.717) is 24.1 Å². The number of nitriles is 1. The lowest BCUT2D eigenvalue weighted by Gasteiger charge is -2.28. The zero-order valence-corrected chi connectivity index (χ0v) is 11.6. The Labute approximate surface area is 122 Å². The van der Waals surface area contributed by atoms with Gasteiger partial charge in [0.05, 0.1) is 23.6 Å². The van der Waals surface area contributed by atoms with Crippen LogP contribution in [0.5, 0.6) is 0 Å². The van der Waals surface area contributed by atoms with Gasteiger partial charge in [-0.05, 0) is 31.0 Å². The average Bonchev–Trinajstić information content (AvgIpc) is 2.85. The molecule has 1 saturated carbocycles. The number of anilines is 1. The molecule has 0 spiro atoms. The number of nitrogens with zero attached hydrogens (tertiary/aromatic N) is 1. The number of hydrogen-bond donors (Lipinski definition) is 3. The van der Waals surface area contributed by atoms with Gasteiger partial charge in [0.1, 0.15) is 0 Å². The second-order valence-electron chi connectivity index (χ2n) is 5.33. The van der Waals surface area contributed by atoms with Crippen molar-refractivity contribution in [2.75, 3.05) is 5.32 Å². The molecule has 110 valence electrons. The molecule has 0 bridgehead atoms. The highest BCUT2D eigenvalue weighted by molar-refractivity contribution is 5.90. The largest absolute Gasteiger partial charge is 0.481 e. The van der Waals surface area contributed by atoms with Gasteiger partial charge in [0.25, 0.3) is 0 Å². The van der Waals surface area contributed by atoms with E-state index in [1.807, 2.05) is 6.07 Å². The van der Waals surface area contributed by atoms with Crippen LogP contribution >= 0.6 is 0 Å². The molecule has 2 rings (SSSR count). The smallest absolute Gasteiger partial charge is 0.319 e. The zero-order chi connectivity index (χ0) is 15.3. The normalized spacial score (nSPS) is 16.0. The Bertz CT molecular complexity index is 586. The molecule has 0 aliphatic heterocycles. The van der Waals surface area contributed by atoms with Crippen LogP contribution in [-0.4, -0.2) is 22.6 Å². The van der Waals surface area contributed by atoms with Crippen molar-refractivity contribution in [2.45, 2.75) is 37.6 Å². The summed E-state index contributed by atoms with van der Waals surface area (Å²) in [5, 5.41) is 23.3. The second-order valence-corrected chi connectivity index (χ2v) is 5.33. The first-order chi connectivity index (χ1) is 10.0. The monoisotopic (exact) mass is 287 g/mol. The maximum Gasteiger partial charge on any atom is 0.319 e.